The molecule has 2 heteroatoms. The third-order valence-electron chi connectivity index (χ3n) is 3.96. The van der Waals surface area contributed by atoms with Crippen LogP contribution >= 0.6 is 15.9 Å². The van der Waals surface area contributed by atoms with Crippen LogP contribution in [0.25, 0.3) is 0 Å². The van der Waals surface area contributed by atoms with Crippen LogP contribution in [-0.4, -0.2) is 7.05 Å². The lowest BCUT2D eigenvalue weighted by Gasteiger charge is -2.19. The van der Waals surface area contributed by atoms with Crippen LogP contribution in [0.4, 0.5) is 0 Å². The topological polar surface area (TPSA) is 12.0 Å². The summed E-state index contributed by atoms with van der Waals surface area (Å²) in [7, 11) is 2.03. The molecular weight excluding hydrogens is 298 g/mol. The molecule has 19 heavy (non-hydrogen) atoms. The van der Waals surface area contributed by atoms with E-state index in [1.165, 1.54) is 41.5 Å². The van der Waals surface area contributed by atoms with Gasteiger partial charge in [-0.25, -0.2) is 0 Å². The quantitative estimate of drug-likeness (QED) is 0.893. The van der Waals surface area contributed by atoms with Gasteiger partial charge in [-0.05, 0) is 54.6 Å². The van der Waals surface area contributed by atoms with Crippen molar-refractivity contribution in [1.82, 2.24) is 5.32 Å². The number of aryl methyl sites for hydroxylation is 2. The maximum Gasteiger partial charge on any atom is 0.0585 e. The Hall–Kier alpha value is -1.12. The van der Waals surface area contributed by atoms with Crippen LogP contribution < -0.4 is 5.32 Å². The van der Waals surface area contributed by atoms with Gasteiger partial charge in [0.2, 0.25) is 0 Å². The second-order valence-electron chi connectivity index (χ2n) is 5.12. The van der Waals surface area contributed by atoms with Gasteiger partial charge in [-0.1, -0.05) is 52.3 Å². The Morgan fingerprint density at radius 3 is 2.63 bits per heavy atom. The molecule has 0 saturated heterocycles. The number of hydrogen-bond donors (Lipinski definition) is 1. The summed E-state index contributed by atoms with van der Waals surface area (Å²) in [5.41, 5.74) is 5.72. The Morgan fingerprint density at radius 1 is 1.05 bits per heavy atom. The van der Waals surface area contributed by atoms with Gasteiger partial charge in [0, 0.05) is 4.47 Å². The van der Waals surface area contributed by atoms with Crippen LogP contribution in [0, 0.1) is 0 Å². The molecule has 0 saturated carbocycles. The van der Waals surface area contributed by atoms with Gasteiger partial charge in [0.1, 0.15) is 0 Å². The lowest BCUT2D eigenvalue weighted by molar-refractivity contribution is 0.688. The first-order valence-corrected chi connectivity index (χ1v) is 7.62. The van der Waals surface area contributed by atoms with Crippen molar-refractivity contribution in [3.05, 3.63) is 69.2 Å². The van der Waals surface area contributed by atoms with Crippen molar-refractivity contribution in [1.29, 1.82) is 0 Å². The summed E-state index contributed by atoms with van der Waals surface area (Å²) in [6.45, 7) is 0. The van der Waals surface area contributed by atoms with Crippen LogP contribution in [0.15, 0.2) is 46.9 Å². The third kappa shape index (κ3) is 2.47. The number of hydrogen-bond acceptors (Lipinski definition) is 1. The minimum Gasteiger partial charge on any atom is -0.309 e. The Kier molecular flexibility index (Phi) is 3.72. The molecule has 2 aromatic carbocycles. The molecule has 1 aliphatic carbocycles. The van der Waals surface area contributed by atoms with Crippen molar-refractivity contribution in [2.75, 3.05) is 7.05 Å². The Labute approximate surface area is 123 Å². The molecule has 1 N–H and O–H groups in total. The van der Waals surface area contributed by atoms with Gasteiger partial charge in [-0.3, -0.25) is 0 Å². The molecule has 0 spiro atoms. The largest absolute Gasteiger partial charge is 0.309 e. The summed E-state index contributed by atoms with van der Waals surface area (Å²) in [5.74, 6) is 0. The van der Waals surface area contributed by atoms with Crippen LogP contribution in [0.1, 0.15) is 34.7 Å². The van der Waals surface area contributed by atoms with Crippen molar-refractivity contribution in [2.45, 2.75) is 25.3 Å². The maximum absolute atomic E-state index is 3.66. The predicted octanol–water partition coefficient (Wildman–Crippen LogP) is 4.25. The monoisotopic (exact) mass is 315 g/mol. The molecule has 1 atom stereocenters. The number of fused-ring (bicyclic) bond motifs is 1. The normalized spacial score (nSPS) is 15.3. The minimum absolute atomic E-state index is 0.251. The Bertz CT molecular complexity index is 592. The van der Waals surface area contributed by atoms with E-state index >= 15 is 0 Å². The van der Waals surface area contributed by atoms with E-state index in [1.54, 1.807) is 0 Å². The molecule has 98 valence electrons. The van der Waals surface area contributed by atoms with Crippen LogP contribution in [-0.2, 0) is 12.8 Å². The molecular formula is C17H18BrN. The zero-order chi connectivity index (χ0) is 13.2. The standard InChI is InChI=1S/C17H18BrN/c1-19-17(15-7-2-3-8-16(15)18)14-10-9-12-5-4-6-13(12)11-14/h2-3,7-11,17,19H,4-6H2,1H3. The fourth-order valence-electron chi connectivity index (χ4n) is 2.98. The molecule has 0 bridgehead atoms. The van der Waals surface area contributed by atoms with Crippen molar-refractivity contribution in [3.63, 3.8) is 0 Å². The molecule has 1 nitrogen and oxygen atoms in total. The number of halogens is 1. The molecule has 0 radical (unpaired) electrons. The van der Waals surface area contributed by atoms with Gasteiger partial charge in [-0.2, -0.15) is 0 Å². The summed E-state index contributed by atoms with van der Waals surface area (Å²) < 4.78 is 1.16. The highest BCUT2D eigenvalue weighted by Gasteiger charge is 2.17. The molecule has 0 amide bonds. The van der Waals surface area contributed by atoms with Gasteiger partial charge in [0.15, 0.2) is 0 Å². The Morgan fingerprint density at radius 2 is 1.84 bits per heavy atom. The van der Waals surface area contributed by atoms with Crippen molar-refractivity contribution >= 4 is 15.9 Å². The first-order chi connectivity index (χ1) is 9.29. The van der Waals surface area contributed by atoms with Crippen molar-refractivity contribution < 1.29 is 0 Å². The third-order valence-corrected chi connectivity index (χ3v) is 4.68. The van der Waals surface area contributed by atoms with Crippen molar-refractivity contribution in [2.24, 2.45) is 0 Å². The van der Waals surface area contributed by atoms with E-state index in [0.29, 0.717) is 0 Å². The van der Waals surface area contributed by atoms with E-state index in [-0.39, 0.29) is 6.04 Å². The van der Waals surface area contributed by atoms with E-state index < -0.39 is 0 Å². The van der Waals surface area contributed by atoms with Crippen LogP contribution in [0.5, 0.6) is 0 Å². The van der Waals surface area contributed by atoms with Gasteiger partial charge in [0.25, 0.3) is 0 Å². The highest BCUT2D eigenvalue weighted by Crippen LogP contribution is 2.31. The lowest BCUT2D eigenvalue weighted by Crippen LogP contribution is -2.18. The van der Waals surface area contributed by atoms with Gasteiger partial charge in [0.05, 0.1) is 6.04 Å². The molecule has 0 fully saturated rings. The fraction of sp³-hybridized carbons (Fsp3) is 0.294. The zero-order valence-corrected chi connectivity index (χ0v) is 12.7. The van der Waals surface area contributed by atoms with E-state index in [9.17, 15) is 0 Å². The molecule has 1 aliphatic rings. The molecule has 0 heterocycles. The maximum atomic E-state index is 3.66. The average Bonchev–Trinajstić information content (AvgIpc) is 2.89. The second kappa shape index (κ2) is 5.48. The van der Waals surface area contributed by atoms with Gasteiger partial charge < -0.3 is 5.32 Å². The Balaban J connectivity index is 2.01. The van der Waals surface area contributed by atoms with Gasteiger partial charge >= 0.3 is 0 Å². The van der Waals surface area contributed by atoms with E-state index in [1.807, 2.05) is 7.05 Å². The van der Waals surface area contributed by atoms with Crippen molar-refractivity contribution in [3.8, 4) is 0 Å². The van der Waals surface area contributed by atoms with E-state index in [4.69, 9.17) is 0 Å². The summed E-state index contributed by atoms with van der Waals surface area (Å²) in [5, 5.41) is 3.44. The minimum atomic E-state index is 0.251. The van der Waals surface area contributed by atoms with Crippen LogP contribution in [0.2, 0.25) is 0 Å². The smallest absolute Gasteiger partial charge is 0.0585 e. The van der Waals surface area contributed by atoms with Gasteiger partial charge in [-0.15, -0.1) is 0 Å². The van der Waals surface area contributed by atoms with Crippen LogP contribution in [0.3, 0.4) is 0 Å². The number of nitrogens with one attached hydrogen (secondary N) is 1. The summed E-state index contributed by atoms with van der Waals surface area (Å²) in [4.78, 5) is 0. The highest BCUT2D eigenvalue weighted by atomic mass is 79.9. The zero-order valence-electron chi connectivity index (χ0n) is 11.1. The van der Waals surface area contributed by atoms with E-state index in [2.05, 4.69) is 63.7 Å². The molecule has 2 aromatic rings. The first kappa shape index (κ1) is 12.9. The highest BCUT2D eigenvalue weighted by molar-refractivity contribution is 9.10. The lowest BCUT2D eigenvalue weighted by atomic mass is 9.96. The van der Waals surface area contributed by atoms with E-state index in [0.717, 1.165) is 4.47 Å². The average molecular weight is 316 g/mol. The molecule has 1 unspecified atom stereocenters. The SMILES string of the molecule is CNC(c1ccc2c(c1)CCC2)c1ccccc1Br. The molecule has 0 aliphatic heterocycles. The summed E-state index contributed by atoms with van der Waals surface area (Å²) >= 11 is 3.66. The second-order valence-corrected chi connectivity index (χ2v) is 5.98. The predicted molar refractivity (Wildman–Crippen MR) is 83.5 cm³/mol. The molecule has 0 aromatic heterocycles. The number of benzene rings is 2. The summed E-state index contributed by atoms with van der Waals surface area (Å²) in [6.07, 6.45) is 3.78. The number of rotatable bonds is 3. The fourth-order valence-corrected chi connectivity index (χ4v) is 3.50. The first-order valence-electron chi connectivity index (χ1n) is 6.83. The molecule has 3 rings (SSSR count). The summed E-state index contributed by atoms with van der Waals surface area (Å²) in [6, 6.07) is 15.6.